The second kappa shape index (κ2) is 8.23. The third kappa shape index (κ3) is 6.24. The molecule has 0 heterocycles. The van der Waals surface area contributed by atoms with Gasteiger partial charge in [-0.3, -0.25) is 19.8 Å². The Morgan fingerprint density at radius 3 is 2.52 bits per heavy atom. The molecule has 3 N–H and O–H groups in total. The minimum Gasteiger partial charge on any atom is -0.468 e. The molecule has 0 saturated heterocycles. The minimum absolute atomic E-state index is 0.117. The molecule has 0 radical (unpaired) electrons. The van der Waals surface area contributed by atoms with E-state index in [1.165, 1.54) is 12.0 Å². The highest BCUT2D eigenvalue weighted by Gasteiger charge is 2.17. The van der Waals surface area contributed by atoms with Gasteiger partial charge in [0.25, 0.3) is 0 Å². The summed E-state index contributed by atoms with van der Waals surface area (Å²) in [5.41, 5.74) is 5.62. The molecule has 1 aromatic rings. The first-order valence-corrected chi connectivity index (χ1v) is 6.42. The van der Waals surface area contributed by atoms with Crippen molar-refractivity contribution in [3.63, 3.8) is 0 Å². The van der Waals surface area contributed by atoms with Gasteiger partial charge < -0.3 is 10.5 Å². The van der Waals surface area contributed by atoms with Crippen LogP contribution in [0.5, 0.6) is 0 Å². The first-order valence-electron chi connectivity index (χ1n) is 6.04. The number of urea groups is 1. The zero-order chi connectivity index (χ0) is 15.8. The first kappa shape index (κ1) is 16.9. The number of imide groups is 1. The summed E-state index contributed by atoms with van der Waals surface area (Å²) in [6.45, 7) is -0.0574. The predicted molar refractivity (Wildman–Crippen MR) is 76.5 cm³/mol. The molecule has 1 aromatic carbocycles. The molecule has 0 aliphatic rings. The summed E-state index contributed by atoms with van der Waals surface area (Å²) in [6.07, 6.45) is 0. The maximum Gasteiger partial charge on any atom is 0.319 e. The van der Waals surface area contributed by atoms with E-state index in [0.29, 0.717) is 5.02 Å². The number of primary amides is 1. The zero-order valence-electron chi connectivity index (χ0n) is 11.5. The fourth-order valence-electron chi connectivity index (χ4n) is 1.66. The lowest BCUT2D eigenvalue weighted by atomic mass is 10.2. The number of nitrogens with two attached hydrogens (primary N) is 1. The molecule has 0 atom stereocenters. The third-order valence-corrected chi connectivity index (χ3v) is 2.93. The van der Waals surface area contributed by atoms with Gasteiger partial charge >= 0.3 is 12.0 Å². The molecular weight excluding hydrogens is 298 g/mol. The molecule has 8 heteroatoms. The number of methoxy groups -OCH3 is 1. The molecule has 1 rings (SSSR count). The molecular formula is C13H16ClN3O4. The van der Waals surface area contributed by atoms with Crippen molar-refractivity contribution in [2.24, 2.45) is 5.73 Å². The Morgan fingerprint density at radius 2 is 1.95 bits per heavy atom. The van der Waals surface area contributed by atoms with E-state index < -0.39 is 17.9 Å². The lowest BCUT2D eigenvalue weighted by molar-refractivity contribution is -0.142. The van der Waals surface area contributed by atoms with Gasteiger partial charge in [-0.2, -0.15) is 0 Å². The van der Waals surface area contributed by atoms with Gasteiger partial charge in [-0.1, -0.05) is 29.8 Å². The van der Waals surface area contributed by atoms with Gasteiger partial charge in [0.05, 0.1) is 20.2 Å². The van der Waals surface area contributed by atoms with E-state index in [1.54, 1.807) is 24.3 Å². The van der Waals surface area contributed by atoms with Crippen molar-refractivity contribution in [1.29, 1.82) is 0 Å². The number of hydrogen-bond donors (Lipinski definition) is 2. The molecule has 0 bridgehead atoms. The number of amides is 3. The first-order chi connectivity index (χ1) is 9.92. The SMILES string of the molecule is COC(=O)CN(CC(=O)NC(N)=O)Cc1ccccc1Cl. The number of carbonyl (C=O) groups is 3. The van der Waals surface area contributed by atoms with Crippen LogP contribution in [0.3, 0.4) is 0 Å². The van der Waals surface area contributed by atoms with Crippen LogP contribution in [-0.2, 0) is 20.9 Å². The lowest BCUT2D eigenvalue weighted by Crippen LogP contribution is -2.43. The van der Waals surface area contributed by atoms with Crippen LogP contribution in [0.15, 0.2) is 24.3 Å². The normalized spacial score (nSPS) is 10.2. The van der Waals surface area contributed by atoms with Crippen LogP contribution in [0.4, 0.5) is 4.79 Å². The highest BCUT2D eigenvalue weighted by atomic mass is 35.5. The second-order valence-corrected chi connectivity index (χ2v) is 4.63. The van der Waals surface area contributed by atoms with Crippen molar-refractivity contribution in [1.82, 2.24) is 10.2 Å². The van der Waals surface area contributed by atoms with Crippen molar-refractivity contribution >= 4 is 29.5 Å². The number of ether oxygens (including phenoxy) is 1. The number of nitrogens with one attached hydrogen (secondary N) is 1. The molecule has 0 spiro atoms. The number of rotatable bonds is 6. The van der Waals surface area contributed by atoms with Crippen molar-refractivity contribution in [2.45, 2.75) is 6.54 Å². The summed E-state index contributed by atoms with van der Waals surface area (Å²) in [5, 5.41) is 2.45. The molecule has 7 nitrogen and oxygen atoms in total. The molecule has 0 fully saturated rings. The summed E-state index contributed by atoms with van der Waals surface area (Å²) in [7, 11) is 1.25. The smallest absolute Gasteiger partial charge is 0.319 e. The fourth-order valence-corrected chi connectivity index (χ4v) is 1.86. The Bertz CT molecular complexity index is 536. The quantitative estimate of drug-likeness (QED) is 0.745. The standard InChI is InChI=1S/C13H16ClN3O4/c1-21-12(19)8-17(7-11(18)16-13(15)20)6-9-4-2-3-5-10(9)14/h2-5H,6-8H2,1H3,(H3,15,16,18,20). The molecule has 0 aliphatic carbocycles. The summed E-state index contributed by atoms with van der Waals surface area (Å²) in [6, 6.07) is 6.10. The van der Waals surface area contributed by atoms with E-state index in [4.69, 9.17) is 17.3 Å². The van der Waals surface area contributed by atoms with E-state index in [0.717, 1.165) is 5.56 Å². The summed E-state index contributed by atoms with van der Waals surface area (Å²) < 4.78 is 4.57. The molecule has 114 valence electrons. The Balaban J connectivity index is 2.77. The van der Waals surface area contributed by atoms with E-state index in [1.807, 2.05) is 5.32 Å². The highest BCUT2D eigenvalue weighted by molar-refractivity contribution is 6.31. The van der Waals surface area contributed by atoms with Crippen molar-refractivity contribution in [2.75, 3.05) is 20.2 Å². The molecule has 3 amide bonds. The average molecular weight is 314 g/mol. The summed E-state index contributed by atoms with van der Waals surface area (Å²) in [4.78, 5) is 35.1. The van der Waals surface area contributed by atoms with Crippen LogP contribution < -0.4 is 11.1 Å². The van der Waals surface area contributed by atoms with Gasteiger partial charge in [0.15, 0.2) is 0 Å². The second-order valence-electron chi connectivity index (χ2n) is 4.23. The molecule has 0 saturated carbocycles. The van der Waals surface area contributed by atoms with Gasteiger partial charge in [-0.05, 0) is 11.6 Å². The predicted octanol–water partition coefficient (Wildman–Crippen LogP) is 0.510. The number of hydrogen-bond acceptors (Lipinski definition) is 5. The van der Waals surface area contributed by atoms with Gasteiger partial charge in [-0.25, -0.2) is 4.79 Å². The van der Waals surface area contributed by atoms with Crippen LogP contribution in [0.1, 0.15) is 5.56 Å². The maximum absolute atomic E-state index is 11.6. The van der Waals surface area contributed by atoms with Crippen LogP contribution in [0.25, 0.3) is 0 Å². The number of halogens is 1. The Kier molecular flexibility index (Phi) is 6.64. The van der Waals surface area contributed by atoms with E-state index >= 15 is 0 Å². The fraction of sp³-hybridized carbons (Fsp3) is 0.308. The van der Waals surface area contributed by atoms with Gasteiger partial charge in [-0.15, -0.1) is 0 Å². The van der Waals surface area contributed by atoms with Crippen molar-refractivity contribution < 1.29 is 19.1 Å². The number of benzene rings is 1. The van der Waals surface area contributed by atoms with Gasteiger partial charge in [0.1, 0.15) is 0 Å². The van der Waals surface area contributed by atoms with E-state index in [9.17, 15) is 14.4 Å². The largest absolute Gasteiger partial charge is 0.468 e. The van der Waals surface area contributed by atoms with Crippen LogP contribution >= 0.6 is 11.6 Å². The monoisotopic (exact) mass is 313 g/mol. The van der Waals surface area contributed by atoms with Gasteiger partial charge in [0.2, 0.25) is 5.91 Å². The summed E-state index contributed by atoms with van der Waals surface area (Å²) >= 11 is 6.04. The van der Waals surface area contributed by atoms with Crippen LogP contribution in [0, 0.1) is 0 Å². The Morgan fingerprint density at radius 1 is 1.29 bits per heavy atom. The molecule has 21 heavy (non-hydrogen) atoms. The van der Waals surface area contributed by atoms with Crippen molar-refractivity contribution in [3.05, 3.63) is 34.9 Å². The van der Waals surface area contributed by atoms with Crippen LogP contribution in [0.2, 0.25) is 5.02 Å². The van der Waals surface area contributed by atoms with Crippen molar-refractivity contribution in [3.8, 4) is 0 Å². The topological polar surface area (TPSA) is 102 Å². The number of esters is 1. The summed E-state index contributed by atoms with van der Waals surface area (Å²) in [5.74, 6) is -1.12. The van der Waals surface area contributed by atoms with Gasteiger partial charge in [0, 0.05) is 11.6 Å². The maximum atomic E-state index is 11.6. The Labute approximate surface area is 127 Å². The Hall–Kier alpha value is -2.12. The van der Waals surface area contributed by atoms with Crippen LogP contribution in [-0.4, -0.2) is 43.0 Å². The molecule has 0 aromatic heterocycles. The third-order valence-electron chi connectivity index (χ3n) is 2.56. The zero-order valence-corrected chi connectivity index (χ0v) is 12.2. The van der Waals surface area contributed by atoms with E-state index in [2.05, 4.69) is 4.74 Å². The molecule has 0 aliphatic heterocycles. The number of nitrogens with zero attached hydrogens (tertiary/aromatic N) is 1. The minimum atomic E-state index is -0.948. The highest BCUT2D eigenvalue weighted by Crippen LogP contribution is 2.16. The van der Waals surface area contributed by atoms with E-state index in [-0.39, 0.29) is 19.6 Å². The lowest BCUT2D eigenvalue weighted by Gasteiger charge is -2.20. The number of carbonyl (C=O) groups excluding carboxylic acids is 3. The average Bonchev–Trinajstić information content (AvgIpc) is 2.40. The molecule has 0 unspecified atom stereocenters.